The molecule has 5 nitrogen and oxygen atoms in total. The molecule has 0 spiro atoms. The Bertz CT molecular complexity index is 465. The second-order valence-electron chi connectivity index (χ2n) is 3.77. The molecule has 17 heavy (non-hydrogen) atoms. The van der Waals surface area contributed by atoms with Crippen molar-refractivity contribution in [3.8, 4) is 0 Å². The van der Waals surface area contributed by atoms with Crippen LogP contribution in [0.4, 0.5) is 0 Å². The summed E-state index contributed by atoms with van der Waals surface area (Å²) in [6, 6.07) is 0. The van der Waals surface area contributed by atoms with Gasteiger partial charge < -0.3 is 9.84 Å². The number of aryl methyl sites for hydroxylation is 1. The van der Waals surface area contributed by atoms with E-state index in [1.54, 1.807) is 11.3 Å². The lowest BCUT2D eigenvalue weighted by atomic mass is 10.4. The number of likely N-dealkylation sites (N-methyl/N-ethyl adjacent to an activating group) is 1. The molecule has 0 saturated carbocycles. The van der Waals surface area contributed by atoms with E-state index in [4.69, 9.17) is 4.52 Å². The van der Waals surface area contributed by atoms with E-state index in [-0.39, 0.29) is 0 Å². The van der Waals surface area contributed by atoms with Crippen molar-refractivity contribution in [2.24, 2.45) is 0 Å². The number of hydrogen-bond donors (Lipinski definition) is 1. The van der Waals surface area contributed by atoms with Crippen LogP contribution in [-0.4, -0.2) is 28.2 Å². The molecule has 92 valence electrons. The molecule has 0 amide bonds. The minimum absolute atomic E-state index is 0.656. The molecule has 0 aromatic carbocycles. The molecule has 2 rings (SSSR count). The molecular weight excluding hydrogens is 236 g/mol. The second-order valence-corrected chi connectivity index (χ2v) is 4.71. The molecule has 0 aliphatic rings. The van der Waals surface area contributed by atoms with Gasteiger partial charge in [-0.2, -0.15) is 4.98 Å². The largest absolute Gasteiger partial charge is 0.339 e. The molecule has 0 saturated heterocycles. The summed E-state index contributed by atoms with van der Waals surface area (Å²) in [5.74, 6) is 1.40. The average Bonchev–Trinajstić information content (AvgIpc) is 2.90. The van der Waals surface area contributed by atoms with Crippen LogP contribution in [-0.2, 0) is 12.8 Å². The van der Waals surface area contributed by atoms with Gasteiger partial charge in [0.05, 0.1) is 6.42 Å². The average molecular weight is 252 g/mol. The van der Waals surface area contributed by atoms with Crippen molar-refractivity contribution in [3.63, 3.8) is 0 Å². The smallest absolute Gasteiger partial charge is 0.227 e. The maximum atomic E-state index is 5.17. The fourth-order valence-electron chi connectivity index (χ4n) is 1.45. The molecule has 1 N–H and O–H groups in total. The summed E-state index contributed by atoms with van der Waals surface area (Å²) < 4.78 is 5.17. The van der Waals surface area contributed by atoms with Crippen molar-refractivity contribution in [1.82, 2.24) is 20.4 Å². The summed E-state index contributed by atoms with van der Waals surface area (Å²) >= 11 is 1.63. The van der Waals surface area contributed by atoms with Crippen LogP contribution in [0.5, 0.6) is 0 Å². The van der Waals surface area contributed by atoms with Gasteiger partial charge >= 0.3 is 0 Å². The summed E-state index contributed by atoms with van der Waals surface area (Å²) in [6.07, 6.45) is 1.43. The zero-order valence-corrected chi connectivity index (χ0v) is 10.9. The number of aromatic nitrogens is 3. The number of hydrogen-bond acceptors (Lipinski definition) is 6. The Balaban J connectivity index is 1.89. The first-order chi connectivity index (χ1) is 8.28. The quantitative estimate of drug-likeness (QED) is 0.791. The molecular formula is C11H16N4OS. The normalized spacial score (nSPS) is 10.9. The monoisotopic (exact) mass is 252 g/mol. The van der Waals surface area contributed by atoms with E-state index in [0.29, 0.717) is 18.1 Å². The van der Waals surface area contributed by atoms with E-state index >= 15 is 0 Å². The van der Waals surface area contributed by atoms with Crippen LogP contribution >= 0.6 is 11.3 Å². The van der Waals surface area contributed by atoms with Gasteiger partial charge in [-0.25, -0.2) is 4.98 Å². The fourth-order valence-corrected chi connectivity index (χ4v) is 2.22. The Morgan fingerprint density at radius 3 is 3.00 bits per heavy atom. The zero-order chi connectivity index (χ0) is 12.1. The number of nitrogens with one attached hydrogen (secondary N) is 1. The molecule has 0 radical (unpaired) electrons. The summed E-state index contributed by atoms with van der Waals surface area (Å²) in [4.78, 5) is 8.71. The third-order valence-electron chi connectivity index (χ3n) is 2.25. The highest BCUT2D eigenvalue weighted by atomic mass is 32.1. The molecule has 0 unspecified atom stereocenters. The van der Waals surface area contributed by atoms with E-state index in [2.05, 4.69) is 27.4 Å². The van der Waals surface area contributed by atoms with E-state index < -0.39 is 0 Å². The summed E-state index contributed by atoms with van der Waals surface area (Å²) in [6.45, 7) is 5.88. The van der Waals surface area contributed by atoms with Gasteiger partial charge in [0, 0.05) is 24.0 Å². The van der Waals surface area contributed by atoms with E-state index in [9.17, 15) is 0 Å². The third kappa shape index (κ3) is 3.61. The van der Waals surface area contributed by atoms with Crippen LogP contribution in [0.1, 0.15) is 29.3 Å². The maximum Gasteiger partial charge on any atom is 0.227 e. The van der Waals surface area contributed by atoms with Crippen molar-refractivity contribution in [2.75, 3.05) is 13.1 Å². The predicted molar refractivity (Wildman–Crippen MR) is 66.2 cm³/mol. The molecule has 6 heteroatoms. The number of nitrogens with zero attached hydrogens (tertiary/aromatic N) is 3. The van der Waals surface area contributed by atoms with Crippen molar-refractivity contribution >= 4 is 11.3 Å². The molecule has 0 aliphatic carbocycles. The van der Waals surface area contributed by atoms with Crippen LogP contribution in [0.15, 0.2) is 9.90 Å². The number of rotatable bonds is 6. The van der Waals surface area contributed by atoms with Gasteiger partial charge in [0.25, 0.3) is 0 Å². The Morgan fingerprint density at radius 2 is 2.29 bits per heavy atom. The molecule has 2 heterocycles. The van der Waals surface area contributed by atoms with E-state index in [1.807, 2.05) is 12.3 Å². The van der Waals surface area contributed by atoms with Crippen molar-refractivity contribution in [3.05, 3.63) is 27.8 Å². The first-order valence-electron chi connectivity index (χ1n) is 5.71. The van der Waals surface area contributed by atoms with Crippen molar-refractivity contribution in [2.45, 2.75) is 26.7 Å². The first-order valence-corrected chi connectivity index (χ1v) is 6.59. The first kappa shape index (κ1) is 12.2. The summed E-state index contributed by atoms with van der Waals surface area (Å²) in [5.41, 5.74) is 1.04. The van der Waals surface area contributed by atoms with Gasteiger partial charge in [0.1, 0.15) is 5.01 Å². The van der Waals surface area contributed by atoms with Crippen LogP contribution in [0.25, 0.3) is 0 Å². The Labute approximate surface area is 104 Å². The molecule has 0 atom stereocenters. The Morgan fingerprint density at radius 1 is 1.41 bits per heavy atom. The van der Waals surface area contributed by atoms with Gasteiger partial charge in [-0.3, -0.25) is 0 Å². The lowest BCUT2D eigenvalue weighted by Gasteiger charge is -1.95. The number of thiazole rings is 1. The van der Waals surface area contributed by atoms with Crippen LogP contribution in [0.2, 0.25) is 0 Å². The Hall–Kier alpha value is -1.27. The molecule has 2 aromatic rings. The molecule has 0 fully saturated rings. The minimum atomic E-state index is 0.656. The third-order valence-corrected chi connectivity index (χ3v) is 3.22. The van der Waals surface area contributed by atoms with Gasteiger partial charge in [-0.05, 0) is 13.5 Å². The predicted octanol–water partition coefficient (Wildman–Crippen LogP) is 1.58. The minimum Gasteiger partial charge on any atom is -0.339 e. The Kier molecular flexibility index (Phi) is 4.22. The van der Waals surface area contributed by atoms with Crippen LogP contribution in [0, 0.1) is 6.92 Å². The summed E-state index contributed by atoms with van der Waals surface area (Å²) in [5, 5.41) is 10.2. The lowest BCUT2D eigenvalue weighted by Crippen LogP contribution is -2.16. The molecule has 0 aliphatic heterocycles. The van der Waals surface area contributed by atoms with Crippen LogP contribution < -0.4 is 5.32 Å². The topological polar surface area (TPSA) is 63.8 Å². The lowest BCUT2D eigenvalue weighted by molar-refractivity contribution is 0.372. The van der Waals surface area contributed by atoms with Gasteiger partial charge in [-0.15, -0.1) is 11.3 Å². The standard InChI is InChI=1S/C11H16N4OS/c1-3-12-5-4-10-14-9(15-16-10)6-11-13-8(2)7-17-11/h7,12H,3-6H2,1-2H3. The van der Waals surface area contributed by atoms with Crippen molar-refractivity contribution < 1.29 is 4.52 Å². The van der Waals surface area contributed by atoms with Gasteiger partial charge in [0.15, 0.2) is 5.82 Å². The molecule has 0 bridgehead atoms. The SMILES string of the molecule is CCNCCc1nc(Cc2nc(C)cs2)no1. The van der Waals surface area contributed by atoms with Gasteiger partial charge in [0.2, 0.25) is 5.89 Å². The highest BCUT2D eigenvalue weighted by molar-refractivity contribution is 7.09. The zero-order valence-electron chi connectivity index (χ0n) is 10.1. The van der Waals surface area contributed by atoms with Crippen LogP contribution in [0.3, 0.4) is 0 Å². The van der Waals surface area contributed by atoms with E-state index in [0.717, 1.165) is 30.2 Å². The highest BCUT2D eigenvalue weighted by Crippen LogP contribution is 2.12. The highest BCUT2D eigenvalue weighted by Gasteiger charge is 2.08. The van der Waals surface area contributed by atoms with E-state index in [1.165, 1.54) is 0 Å². The maximum absolute atomic E-state index is 5.17. The summed E-state index contributed by atoms with van der Waals surface area (Å²) in [7, 11) is 0. The fraction of sp³-hybridized carbons (Fsp3) is 0.545. The van der Waals surface area contributed by atoms with Crippen molar-refractivity contribution in [1.29, 1.82) is 0 Å². The second kappa shape index (κ2) is 5.88. The molecule has 2 aromatic heterocycles. The van der Waals surface area contributed by atoms with Gasteiger partial charge in [-0.1, -0.05) is 12.1 Å².